The molecule has 1 aliphatic heterocycles. The zero-order chi connectivity index (χ0) is 12.5. The van der Waals surface area contributed by atoms with E-state index in [9.17, 15) is 0 Å². The molecule has 0 amide bonds. The van der Waals surface area contributed by atoms with Crippen molar-refractivity contribution in [2.24, 2.45) is 5.92 Å². The Morgan fingerprint density at radius 3 is 3.11 bits per heavy atom. The normalized spacial score (nSPS) is 25.4. The molecule has 2 aromatic rings. The number of rotatable bonds is 2. The summed E-state index contributed by atoms with van der Waals surface area (Å²) in [6, 6.07) is 0.442. The smallest absolute Gasteiger partial charge is 0.199 e. The van der Waals surface area contributed by atoms with Crippen LogP contribution in [0.4, 0.5) is 5.82 Å². The van der Waals surface area contributed by atoms with Crippen molar-refractivity contribution in [1.29, 1.82) is 0 Å². The van der Waals surface area contributed by atoms with E-state index in [1.807, 2.05) is 0 Å². The van der Waals surface area contributed by atoms with Crippen molar-refractivity contribution in [3.8, 4) is 0 Å². The van der Waals surface area contributed by atoms with Crippen LogP contribution in [0.15, 0.2) is 12.4 Å². The van der Waals surface area contributed by atoms with Gasteiger partial charge < -0.3 is 10.2 Å². The summed E-state index contributed by atoms with van der Waals surface area (Å²) in [7, 11) is 2.16. The summed E-state index contributed by atoms with van der Waals surface area (Å²) < 4.78 is 1.69. The molecule has 1 saturated heterocycles. The number of anilines is 1. The number of nitrogens with zero attached hydrogens (tertiary/aromatic N) is 6. The molecule has 2 aromatic heterocycles. The van der Waals surface area contributed by atoms with Gasteiger partial charge in [0.1, 0.15) is 0 Å². The number of likely N-dealkylation sites (tertiary alicyclic amines) is 1. The van der Waals surface area contributed by atoms with Gasteiger partial charge in [-0.15, -0.1) is 5.10 Å². The van der Waals surface area contributed by atoms with Crippen molar-refractivity contribution in [2.45, 2.75) is 19.4 Å². The molecule has 3 heterocycles. The average molecular weight is 247 g/mol. The van der Waals surface area contributed by atoms with Gasteiger partial charge in [-0.1, -0.05) is 6.92 Å². The van der Waals surface area contributed by atoms with Gasteiger partial charge in [0.25, 0.3) is 0 Å². The number of hydrogen-bond donors (Lipinski definition) is 1. The van der Waals surface area contributed by atoms with Crippen LogP contribution in [-0.2, 0) is 0 Å². The van der Waals surface area contributed by atoms with E-state index in [4.69, 9.17) is 0 Å². The van der Waals surface area contributed by atoms with Gasteiger partial charge in [0.15, 0.2) is 11.5 Å². The molecule has 96 valence electrons. The highest BCUT2D eigenvalue weighted by molar-refractivity contribution is 5.44. The molecule has 0 aliphatic carbocycles. The van der Waals surface area contributed by atoms with Gasteiger partial charge in [-0.05, 0) is 36.4 Å². The molecular weight excluding hydrogens is 230 g/mol. The fourth-order valence-electron chi connectivity index (χ4n) is 2.53. The molecule has 1 fully saturated rings. The highest BCUT2D eigenvalue weighted by atomic mass is 15.5. The predicted molar refractivity (Wildman–Crippen MR) is 67.3 cm³/mol. The highest BCUT2D eigenvalue weighted by Gasteiger charge is 2.24. The maximum absolute atomic E-state index is 4.15. The van der Waals surface area contributed by atoms with Crippen LogP contribution in [0.2, 0.25) is 0 Å². The summed E-state index contributed by atoms with van der Waals surface area (Å²) in [5.41, 5.74) is 0.667. The van der Waals surface area contributed by atoms with Crippen LogP contribution in [0.25, 0.3) is 5.65 Å². The monoisotopic (exact) mass is 247 g/mol. The molecule has 7 heteroatoms. The molecule has 1 aliphatic rings. The topological polar surface area (TPSA) is 71.2 Å². The Hall–Kier alpha value is -1.76. The Kier molecular flexibility index (Phi) is 2.83. The number of fused-ring (bicyclic) bond motifs is 1. The molecule has 3 rings (SSSR count). The summed E-state index contributed by atoms with van der Waals surface area (Å²) in [5, 5.41) is 15.0. The number of hydrogen-bond acceptors (Lipinski definition) is 6. The lowest BCUT2D eigenvalue weighted by Gasteiger charge is -2.35. The molecule has 0 aromatic carbocycles. The molecule has 2 atom stereocenters. The van der Waals surface area contributed by atoms with Gasteiger partial charge in [0.2, 0.25) is 0 Å². The molecule has 0 radical (unpaired) electrons. The van der Waals surface area contributed by atoms with E-state index >= 15 is 0 Å². The summed E-state index contributed by atoms with van der Waals surface area (Å²) in [4.78, 5) is 6.51. The van der Waals surface area contributed by atoms with Gasteiger partial charge >= 0.3 is 0 Å². The Bertz CT molecular complexity index is 537. The molecule has 18 heavy (non-hydrogen) atoms. The van der Waals surface area contributed by atoms with Crippen LogP contribution < -0.4 is 5.32 Å². The molecule has 2 unspecified atom stereocenters. The van der Waals surface area contributed by atoms with Crippen molar-refractivity contribution in [2.75, 3.05) is 25.5 Å². The minimum absolute atomic E-state index is 0.442. The van der Waals surface area contributed by atoms with E-state index in [0.717, 1.165) is 25.3 Å². The average Bonchev–Trinajstić information content (AvgIpc) is 2.82. The second-order valence-corrected chi connectivity index (χ2v) is 5.02. The van der Waals surface area contributed by atoms with Gasteiger partial charge in [0.05, 0.1) is 12.4 Å². The first-order valence-electron chi connectivity index (χ1n) is 6.21. The quantitative estimate of drug-likeness (QED) is 0.821. The number of tetrazole rings is 1. The van der Waals surface area contributed by atoms with Crippen molar-refractivity contribution in [3.63, 3.8) is 0 Å². The van der Waals surface area contributed by atoms with Gasteiger partial charge in [-0.25, -0.2) is 0 Å². The largest absolute Gasteiger partial charge is 0.366 e. The van der Waals surface area contributed by atoms with Crippen molar-refractivity contribution < 1.29 is 0 Å². The molecule has 1 N–H and O–H groups in total. The van der Waals surface area contributed by atoms with Crippen LogP contribution in [0.3, 0.4) is 0 Å². The van der Waals surface area contributed by atoms with Crippen molar-refractivity contribution in [3.05, 3.63) is 12.4 Å². The van der Waals surface area contributed by atoms with Crippen LogP contribution in [0.1, 0.15) is 13.3 Å². The summed E-state index contributed by atoms with van der Waals surface area (Å²) in [6.45, 7) is 4.48. The molecule has 0 bridgehead atoms. The summed E-state index contributed by atoms with van der Waals surface area (Å²) in [5.74, 6) is 1.45. The first kappa shape index (κ1) is 11.3. The number of aromatic nitrogens is 5. The third-order valence-corrected chi connectivity index (χ3v) is 3.55. The number of piperidine rings is 1. The van der Waals surface area contributed by atoms with E-state index in [2.05, 4.69) is 44.7 Å². The third-order valence-electron chi connectivity index (χ3n) is 3.55. The van der Waals surface area contributed by atoms with Gasteiger partial charge in [-0.3, -0.25) is 4.98 Å². The van der Waals surface area contributed by atoms with E-state index in [0.29, 0.717) is 17.6 Å². The highest BCUT2D eigenvalue weighted by Crippen LogP contribution is 2.19. The van der Waals surface area contributed by atoms with Gasteiger partial charge in [0, 0.05) is 12.6 Å². The fourth-order valence-corrected chi connectivity index (χ4v) is 2.53. The lowest BCUT2D eigenvalue weighted by molar-refractivity contribution is 0.206. The summed E-state index contributed by atoms with van der Waals surface area (Å²) in [6.07, 6.45) is 4.55. The minimum atomic E-state index is 0.442. The van der Waals surface area contributed by atoms with E-state index in [1.54, 1.807) is 16.9 Å². The van der Waals surface area contributed by atoms with Crippen LogP contribution in [0.5, 0.6) is 0 Å². The predicted octanol–water partition coefficient (Wildman–Crippen LogP) is 0.271. The Balaban J connectivity index is 1.82. The number of nitrogens with one attached hydrogen (secondary N) is 1. The maximum atomic E-state index is 4.15. The standard InChI is InChI=1S/C11H17N7/c1-8-7-17(2)4-3-9(8)13-10-5-12-6-11-14-15-16-18(10)11/h5-6,8-9,13H,3-4,7H2,1-2H3. The third kappa shape index (κ3) is 2.01. The summed E-state index contributed by atoms with van der Waals surface area (Å²) >= 11 is 0. The maximum Gasteiger partial charge on any atom is 0.199 e. The first-order valence-corrected chi connectivity index (χ1v) is 6.21. The minimum Gasteiger partial charge on any atom is -0.366 e. The zero-order valence-electron chi connectivity index (χ0n) is 10.6. The molecule has 0 saturated carbocycles. The van der Waals surface area contributed by atoms with E-state index < -0.39 is 0 Å². The lowest BCUT2D eigenvalue weighted by Crippen LogP contribution is -2.43. The Morgan fingerprint density at radius 1 is 1.39 bits per heavy atom. The zero-order valence-corrected chi connectivity index (χ0v) is 10.6. The second-order valence-electron chi connectivity index (χ2n) is 5.02. The van der Waals surface area contributed by atoms with Gasteiger partial charge in [-0.2, -0.15) is 4.52 Å². The fraction of sp³-hybridized carbons (Fsp3) is 0.636. The molecule has 0 spiro atoms. The Morgan fingerprint density at radius 2 is 2.28 bits per heavy atom. The first-order chi connectivity index (χ1) is 8.74. The van der Waals surface area contributed by atoms with Crippen LogP contribution in [0, 0.1) is 5.92 Å². The molecule has 7 nitrogen and oxygen atoms in total. The van der Waals surface area contributed by atoms with Crippen LogP contribution >= 0.6 is 0 Å². The lowest BCUT2D eigenvalue weighted by atomic mass is 9.94. The van der Waals surface area contributed by atoms with E-state index in [1.165, 1.54) is 0 Å². The van der Waals surface area contributed by atoms with Crippen molar-refractivity contribution >= 4 is 11.5 Å². The Labute approximate surface area is 105 Å². The molecular formula is C11H17N7. The SMILES string of the molecule is CC1CN(C)CCC1Nc1cncc2nnnn12. The van der Waals surface area contributed by atoms with E-state index in [-0.39, 0.29) is 0 Å². The van der Waals surface area contributed by atoms with Crippen molar-refractivity contribution in [1.82, 2.24) is 29.9 Å². The second kappa shape index (κ2) is 4.49. The van der Waals surface area contributed by atoms with Crippen LogP contribution in [-0.4, -0.2) is 56.1 Å².